The van der Waals surface area contributed by atoms with Crippen LogP contribution in [0, 0.1) is 11.6 Å². The lowest BCUT2D eigenvalue weighted by atomic mass is 9.87. The van der Waals surface area contributed by atoms with Crippen LogP contribution in [0.15, 0.2) is 30.9 Å². The Morgan fingerprint density at radius 3 is 2.58 bits per heavy atom. The fraction of sp³-hybridized carbons (Fsp3) is 0.412. The van der Waals surface area contributed by atoms with Crippen LogP contribution in [0.2, 0.25) is 0 Å². The van der Waals surface area contributed by atoms with Crippen molar-refractivity contribution in [3.05, 3.63) is 48.1 Å². The second kappa shape index (κ2) is 6.79. The number of thioether (sulfide) groups is 1. The van der Waals surface area contributed by atoms with Gasteiger partial charge in [0.2, 0.25) is 0 Å². The molecule has 26 heavy (non-hydrogen) atoms. The molecule has 1 heterocycles. The molecule has 1 atom stereocenters. The van der Waals surface area contributed by atoms with Gasteiger partial charge in [-0.25, -0.2) is 18.4 Å². The molecule has 0 amide bonds. The number of aromatic nitrogens is 3. The molecule has 0 bridgehead atoms. The zero-order valence-electron chi connectivity index (χ0n) is 14.2. The highest BCUT2D eigenvalue weighted by Crippen LogP contribution is 2.62. The highest BCUT2D eigenvalue weighted by molar-refractivity contribution is 8.15. The number of carbonyl (C=O) groups is 2. The van der Waals surface area contributed by atoms with Crippen LogP contribution in [-0.4, -0.2) is 30.6 Å². The summed E-state index contributed by atoms with van der Waals surface area (Å²) in [5.74, 6) is -2.22. The van der Waals surface area contributed by atoms with Crippen LogP contribution in [0.4, 0.5) is 8.78 Å². The Morgan fingerprint density at radius 1 is 1.35 bits per heavy atom. The molecular formula is C17H17F2N3O3S. The highest BCUT2D eigenvalue weighted by Gasteiger charge is 2.65. The highest BCUT2D eigenvalue weighted by atomic mass is 32.2. The molecule has 1 unspecified atom stereocenters. The van der Waals surface area contributed by atoms with Crippen molar-refractivity contribution in [3.63, 3.8) is 0 Å². The summed E-state index contributed by atoms with van der Waals surface area (Å²) in [6, 6.07) is 3.10. The lowest BCUT2D eigenvalue weighted by molar-refractivity contribution is -0.162. The van der Waals surface area contributed by atoms with E-state index in [0.29, 0.717) is 12.8 Å². The van der Waals surface area contributed by atoms with Gasteiger partial charge in [-0.15, -0.1) is 0 Å². The summed E-state index contributed by atoms with van der Waals surface area (Å²) in [5, 5.41) is 3.84. The molecule has 1 aliphatic carbocycles. The summed E-state index contributed by atoms with van der Waals surface area (Å²) in [4.78, 5) is 27.6. The molecule has 0 saturated heterocycles. The summed E-state index contributed by atoms with van der Waals surface area (Å²) in [6.07, 6.45) is 3.79. The number of benzene rings is 1. The normalized spacial score (nSPS) is 17.4. The van der Waals surface area contributed by atoms with Gasteiger partial charge in [0.15, 0.2) is 10.7 Å². The molecule has 2 aromatic rings. The van der Waals surface area contributed by atoms with Gasteiger partial charge in [0, 0.05) is 25.5 Å². The van der Waals surface area contributed by atoms with Crippen molar-refractivity contribution in [2.45, 2.75) is 43.6 Å². The van der Waals surface area contributed by atoms with Crippen LogP contribution in [0.3, 0.4) is 0 Å². The third-order valence-electron chi connectivity index (χ3n) is 4.31. The van der Waals surface area contributed by atoms with E-state index in [-0.39, 0.29) is 17.2 Å². The lowest BCUT2D eigenvalue weighted by Gasteiger charge is -2.40. The molecule has 1 aromatic carbocycles. The zero-order chi connectivity index (χ0) is 18.9. The van der Waals surface area contributed by atoms with Gasteiger partial charge in [0.25, 0.3) is 0 Å². The average molecular weight is 381 g/mol. The number of halogens is 2. The maximum Gasteiger partial charge on any atom is 0.303 e. The molecule has 0 spiro atoms. The number of carbonyl (C=O) groups excluding carboxylic acids is 2. The molecule has 6 nitrogen and oxygen atoms in total. The van der Waals surface area contributed by atoms with Crippen molar-refractivity contribution in [2.24, 2.45) is 0 Å². The summed E-state index contributed by atoms with van der Waals surface area (Å²) >= 11 is 1.01. The lowest BCUT2D eigenvalue weighted by Crippen LogP contribution is -2.48. The van der Waals surface area contributed by atoms with E-state index >= 15 is 0 Å². The second-order valence-electron chi connectivity index (χ2n) is 6.23. The van der Waals surface area contributed by atoms with Crippen molar-refractivity contribution in [1.82, 2.24) is 14.8 Å². The van der Waals surface area contributed by atoms with Crippen LogP contribution in [0.1, 0.15) is 32.3 Å². The van der Waals surface area contributed by atoms with Crippen LogP contribution < -0.4 is 0 Å². The summed E-state index contributed by atoms with van der Waals surface area (Å²) in [5.41, 5.74) is -1.52. The van der Waals surface area contributed by atoms with E-state index in [4.69, 9.17) is 4.74 Å². The molecule has 3 rings (SSSR count). The van der Waals surface area contributed by atoms with E-state index in [2.05, 4.69) is 10.1 Å². The molecule has 1 saturated carbocycles. The Balaban J connectivity index is 2.20. The molecule has 1 aromatic heterocycles. The quantitative estimate of drug-likeness (QED) is 0.717. The van der Waals surface area contributed by atoms with Crippen LogP contribution in [-0.2, 0) is 26.5 Å². The van der Waals surface area contributed by atoms with E-state index in [1.165, 1.54) is 37.3 Å². The topological polar surface area (TPSA) is 74.1 Å². The Morgan fingerprint density at radius 2 is 2.08 bits per heavy atom. The van der Waals surface area contributed by atoms with E-state index in [9.17, 15) is 18.4 Å². The van der Waals surface area contributed by atoms with Gasteiger partial charge in [-0.2, -0.15) is 5.10 Å². The fourth-order valence-corrected chi connectivity index (χ4v) is 4.47. The Kier molecular flexibility index (Phi) is 4.83. The molecule has 138 valence electrons. The van der Waals surface area contributed by atoms with E-state index < -0.39 is 28.0 Å². The number of hydrogen-bond donors (Lipinski definition) is 0. The first-order valence-corrected chi connectivity index (χ1v) is 8.77. The first-order chi connectivity index (χ1) is 12.3. The van der Waals surface area contributed by atoms with Crippen LogP contribution >= 0.6 is 11.8 Å². The van der Waals surface area contributed by atoms with Gasteiger partial charge in [0.1, 0.15) is 24.3 Å². The Bertz CT molecular complexity index is 840. The predicted octanol–water partition coefficient (Wildman–Crippen LogP) is 2.83. The van der Waals surface area contributed by atoms with Crippen molar-refractivity contribution in [1.29, 1.82) is 0 Å². The summed E-state index contributed by atoms with van der Waals surface area (Å²) < 4.78 is 34.5. The largest absolute Gasteiger partial charge is 0.451 e. The third-order valence-corrected chi connectivity index (χ3v) is 5.73. The van der Waals surface area contributed by atoms with E-state index in [1.807, 2.05) is 0 Å². The second-order valence-corrected chi connectivity index (χ2v) is 7.79. The van der Waals surface area contributed by atoms with Gasteiger partial charge in [-0.3, -0.25) is 9.59 Å². The average Bonchev–Trinajstić information content (AvgIpc) is 3.12. The number of esters is 1. The van der Waals surface area contributed by atoms with Crippen molar-refractivity contribution >= 4 is 22.8 Å². The number of rotatable bonds is 6. The number of nitrogens with zero attached hydrogens (tertiary/aromatic N) is 3. The molecule has 0 radical (unpaired) electrons. The van der Waals surface area contributed by atoms with Gasteiger partial charge in [-0.1, -0.05) is 11.8 Å². The first kappa shape index (κ1) is 18.5. The minimum absolute atomic E-state index is 0.0100. The predicted molar refractivity (Wildman–Crippen MR) is 90.1 cm³/mol. The van der Waals surface area contributed by atoms with Gasteiger partial charge < -0.3 is 4.74 Å². The standard InChI is InChI=1S/C17H17F2N3O3S/c1-11(23)25-17(8-22-10-20-9-21-22,16(5-6-16)26-12(2)24)14-4-3-13(18)7-15(14)19/h3-4,7,9-10H,5-6,8H2,1-2H3. The maximum absolute atomic E-state index is 14.7. The molecular weight excluding hydrogens is 364 g/mol. The van der Waals surface area contributed by atoms with Gasteiger partial charge >= 0.3 is 5.97 Å². The summed E-state index contributed by atoms with van der Waals surface area (Å²) in [7, 11) is 0. The maximum atomic E-state index is 14.7. The first-order valence-electron chi connectivity index (χ1n) is 7.95. The smallest absolute Gasteiger partial charge is 0.303 e. The third kappa shape index (κ3) is 3.35. The molecule has 0 N–H and O–H groups in total. The Hall–Kier alpha value is -2.29. The van der Waals surface area contributed by atoms with Crippen molar-refractivity contribution in [2.75, 3.05) is 0 Å². The Labute approximate surface area is 152 Å². The monoisotopic (exact) mass is 381 g/mol. The molecule has 1 aliphatic rings. The summed E-state index contributed by atoms with van der Waals surface area (Å²) in [6.45, 7) is 2.57. The fourth-order valence-electron chi connectivity index (χ4n) is 3.24. The molecule has 0 aliphatic heterocycles. The van der Waals surface area contributed by atoms with Gasteiger partial charge in [-0.05, 0) is 25.0 Å². The molecule has 9 heteroatoms. The van der Waals surface area contributed by atoms with Crippen LogP contribution in [0.25, 0.3) is 0 Å². The van der Waals surface area contributed by atoms with Gasteiger partial charge in [0.05, 0.1) is 11.3 Å². The minimum Gasteiger partial charge on any atom is -0.451 e. The van der Waals surface area contributed by atoms with E-state index in [0.717, 1.165) is 23.9 Å². The molecule has 1 fully saturated rings. The zero-order valence-corrected chi connectivity index (χ0v) is 15.1. The SMILES string of the molecule is CC(=O)OC(Cn1cncn1)(c1ccc(F)cc1F)C1(SC(C)=O)CC1. The van der Waals surface area contributed by atoms with E-state index in [1.54, 1.807) is 0 Å². The number of ether oxygens (including phenoxy) is 1. The van der Waals surface area contributed by atoms with Crippen molar-refractivity contribution < 1.29 is 23.1 Å². The minimum atomic E-state index is -1.53. The van der Waals surface area contributed by atoms with Crippen LogP contribution in [0.5, 0.6) is 0 Å². The number of hydrogen-bond acceptors (Lipinski definition) is 6. The van der Waals surface area contributed by atoms with Crippen molar-refractivity contribution in [3.8, 4) is 0 Å².